The number of phosphoric ester groups is 1. The lowest BCUT2D eigenvalue weighted by Crippen LogP contribution is -2.30. The quantitative estimate of drug-likeness (QED) is 0.0197. The number of unbranched alkanes of at least 4 members (excludes halogenated alkanes) is 15. The number of esters is 3. The molecule has 0 aliphatic carbocycles. The van der Waals surface area contributed by atoms with Gasteiger partial charge in [-0.25, -0.2) is 4.57 Å². The fraction of sp³-hybridized carbons (Fsp3) is 0.629. The van der Waals surface area contributed by atoms with Crippen molar-refractivity contribution >= 4 is 25.7 Å². The van der Waals surface area contributed by atoms with E-state index in [0.29, 0.717) is 19.3 Å². The van der Waals surface area contributed by atoms with Gasteiger partial charge in [-0.2, -0.15) is 0 Å². The molecule has 420 valence electrons. The van der Waals surface area contributed by atoms with Crippen molar-refractivity contribution in [2.24, 2.45) is 0 Å². The minimum absolute atomic E-state index is 0.0742. The first-order chi connectivity index (χ1) is 36.2. The van der Waals surface area contributed by atoms with E-state index in [1.54, 1.807) is 6.08 Å². The Balaban J connectivity index is 4.88. The Morgan fingerprint density at radius 1 is 0.405 bits per heavy atom. The molecule has 0 aliphatic heterocycles. The molecule has 0 aromatic heterocycles. The molecule has 0 aromatic rings. The number of ether oxygens (including phenoxy) is 3. The van der Waals surface area contributed by atoms with Gasteiger partial charge >= 0.3 is 25.7 Å². The zero-order chi connectivity index (χ0) is 54.1. The van der Waals surface area contributed by atoms with Gasteiger partial charge in [0.1, 0.15) is 12.7 Å². The zero-order valence-corrected chi connectivity index (χ0v) is 47.2. The minimum atomic E-state index is -4.79. The van der Waals surface area contributed by atoms with Crippen LogP contribution in [0.5, 0.6) is 0 Å². The smallest absolute Gasteiger partial charge is 0.462 e. The number of phosphoric acid groups is 1. The lowest BCUT2D eigenvalue weighted by Gasteiger charge is -2.21. The van der Waals surface area contributed by atoms with Crippen LogP contribution >= 0.6 is 7.82 Å². The maximum atomic E-state index is 12.9. The van der Waals surface area contributed by atoms with Crippen molar-refractivity contribution < 1.29 is 52.2 Å². The first kappa shape index (κ1) is 69.9. The van der Waals surface area contributed by atoms with Crippen molar-refractivity contribution in [3.8, 4) is 0 Å². The Morgan fingerprint density at radius 3 is 1.23 bits per heavy atom. The summed E-state index contributed by atoms with van der Waals surface area (Å²) in [7, 11) is -4.79. The van der Waals surface area contributed by atoms with Gasteiger partial charge in [0.05, 0.1) is 26.2 Å². The molecule has 0 aliphatic rings. The van der Waals surface area contributed by atoms with Gasteiger partial charge in [0.2, 0.25) is 0 Å². The van der Waals surface area contributed by atoms with Crippen molar-refractivity contribution in [3.63, 3.8) is 0 Å². The summed E-state index contributed by atoms with van der Waals surface area (Å²) >= 11 is 0. The van der Waals surface area contributed by atoms with Crippen molar-refractivity contribution in [1.82, 2.24) is 0 Å². The molecule has 0 radical (unpaired) electrons. The van der Waals surface area contributed by atoms with Gasteiger partial charge in [0.15, 0.2) is 6.10 Å². The molecule has 11 nitrogen and oxygen atoms in total. The minimum Gasteiger partial charge on any atom is -0.462 e. The third kappa shape index (κ3) is 52.7. The van der Waals surface area contributed by atoms with E-state index in [1.807, 2.05) is 18.2 Å². The predicted molar refractivity (Wildman–Crippen MR) is 306 cm³/mol. The van der Waals surface area contributed by atoms with Crippen molar-refractivity contribution in [2.75, 3.05) is 26.4 Å². The molecule has 0 heterocycles. The van der Waals surface area contributed by atoms with E-state index >= 15 is 0 Å². The van der Waals surface area contributed by atoms with Crippen LogP contribution in [0.4, 0.5) is 0 Å². The summed E-state index contributed by atoms with van der Waals surface area (Å²) in [5, 5.41) is 9.80. The van der Waals surface area contributed by atoms with Gasteiger partial charge in [0, 0.05) is 12.8 Å². The molecular formula is C62H101O11P. The molecule has 0 rings (SSSR count). The van der Waals surface area contributed by atoms with E-state index in [2.05, 4.69) is 118 Å². The zero-order valence-electron chi connectivity index (χ0n) is 46.3. The number of hydrogen-bond acceptors (Lipinski definition) is 10. The average Bonchev–Trinajstić information content (AvgIpc) is 3.39. The molecule has 0 saturated heterocycles. The summed E-state index contributed by atoms with van der Waals surface area (Å²) in [6.07, 6.45) is 67.7. The van der Waals surface area contributed by atoms with E-state index in [9.17, 15) is 28.9 Å². The first-order valence-corrected chi connectivity index (χ1v) is 29.9. The molecule has 74 heavy (non-hydrogen) atoms. The SMILES string of the molecule is CC/C=C\C/C=C\C/C=C\C/C=C\C/C=C\CC(=O)OC(COC(=O)CCCCCCCCC/C=C\CCCCCCCC)COP(=O)(O)OCC(CO)OC(=O)CCCC/C=C\C/C=C\C/C=C\C/C=C\CC. The van der Waals surface area contributed by atoms with Gasteiger partial charge in [-0.3, -0.25) is 23.4 Å². The summed E-state index contributed by atoms with van der Waals surface area (Å²) in [6, 6.07) is 0. The second kappa shape index (κ2) is 55.1. The molecule has 12 heteroatoms. The Bertz CT molecular complexity index is 1700. The molecule has 3 unspecified atom stereocenters. The summed E-state index contributed by atoms with van der Waals surface area (Å²) in [6.45, 7) is 4.23. The fourth-order valence-corrected chi connectivity index (χ4v) is 7.91. The van der Waals surface area contributed by atoms with Gasteiger partial charge in [0.25, 0.3) is 0 Å². The first-order valence-electron chi connectivity index (χ1n) is 28.4. The number of hydrogen-bond donors (Lipinski definition) is 2. The number of carbonyl (C=O) groups is 3. The predicted octanol–water partition coefficient (Wildman–Crippen LogP) is 16.8. The summed E-state index contributed by atoms with van der Waals surface area (Å²) in [5.41, 5.74) is 0. The summed E-state index contributed by atoms with van der Waals surface area (Å²) < 4.78 is 39.3. The summed E-state index contributed by atoms with van der Waals surface area (Å²) in [4.78, 5) is 48.4. The maximum absolute atomic E-state index is 12.9. The van der Waals surface area contributed by atoms with E-state index in [4.69, 9.17) is 23.3 Å². The summed E-state index contributed by atoms with van der Waals surface area (Å²) in [5.74, 6) is -1.68. The lowest BCUT2D eigenvalue weighted by atomic mass is 10.1. The Morgan fingerprint density at radius 2 is 0.757 bits per heavy atom. The van der Waals surface area contributed by atoms with Crippen LogP contribution in [-0.2, 0) is 42.2 Å². The highest BCUT2D eigenvalue weighted by Gasteiger charge is 2.28. The molecule has 0 saturated carbocycles. The van der Waals surface area contributed by atoms with E-state index in [-0.39, 0.29) is 25.9 Å². The Labute approximate surface area is 449 Å². The highest BCUT2D eigenvalue weighted by molar-refractivity contribution is 7.47. The van der Waals surface area contributed by atoms with Gasteiger partial charge in [-0.05, 0) is 109 Å². The molecule has 2 N–H and O–H groups in total. The topological polar surface area (TPSA) is 155 Å². The molecule has 0 amide bonds. The fourth-order valence-electron chi connectivity index (χ4n) is 7.12. The number of rotatable bonds is 51. The third-order valence-corrected chi connectivity index (χ3v) is 12.3. The van der Waals surface area contributed by atoms with Crippen LogP contribution < -0.4 is 0 Å². The van der Waals surface area contributed by atoms with Gasteiger partial charge in [-0.1, -0.05) is 206 Å². The van der Waals surface area contributed by atoms with Crippen LogP contribution in [0.25, 0.3) is 0 Å². The van der Waals surface area contributed by atoms with Crippen LogP contribution in [0, 0.1) is 0 Å². The van der Waals surface area contributed by atoms with Crippen molar-refractivity contribution in [3.05, 3.63) is 122 Å². The molecule has 3 atom stereocenters. The van der Waals surface area contributed by atoms with E-state index < -0.39 is 57.8 Å². The lowest BCUT2D eigenvalue weighted by molar-refractivity contribution is -0.160. The number of aliphatic hydroxyl groups excluding tert-OH is 1. The van der Waals surface area contributed by atoms with E-state index in [1.165, 1.54) is 64.2 Å². The van der Waals surface area contributed by atoms with Crippen LogP contribution in [0.3, 0.4) is 0 Å². The van der Waals surface area contributed by atoms with Crippen LogP contribution in [0.2, 0.25) is 0 Å². The second-order valence-corrected chi connectivity index (χ2v) is 19.8. The van der Waals surface area contributed by atoms with Gasteiger partial charge < -0.3 is 24.2 Å². The van der Waals surface area contributed by atoms with Gasteiger partial charge in [-0.15, -0.1) is 0 Å². The molecule has 0 spiro atoms. The average molecular weight is 1050 g/mol. The number of carbonyl (C=O) groups excluding carboxylic acids is 3. The highest BCUT2D eigenvalue weighted by atomic mass is 31.2. The third-order valence-electron chi connectivity index (χ3n) is 11.4. The molecule has 0 bridgehead atoms. The van der Waals surface area contributed by atoms with E-state index in [0.717, 1.165) is 89.9 Å². The van der Waals surface area contributed by atoms with Crippen LogP contribution in [0.1, 0.15) is 213 Å². The Hall–Kier alpha value is -4.12. The van der Waals surface area contributed by atoms with Crippen molar-refractivity contribution in [1.29, 1.82) is 0 Å². The number of aliphatic hydroxyl groups is 1. The van der Waals surface area contributed by atoms with Crippen LogP contribution in [-0.4, -0.2) is 66.5 Å². The monoisotopic (exact) mass is 1050 g/mol. The molecule has 0 fully saturated rings. The maximum Gasteiger partial charge on any atom is 0.472 e. The standard InChI is InChI=1S/C62H101O11P/c1-4-7-10-13-16-19-22-25-28-29-32-33-36-39-42-45-48-51-60(64)69-55-59(73-62(66)53-50-47-44-41-38-35-31-27-24-21-18-15-12-9-6-3)57-71-74(67,68)70-56-58(54-63)72-61(65)52-49-46-43-40-37-34-30-26-23-20-17-14-11-8-5-2/h8-9,11-12,17-18,20-21,25-28,30-31,37-38,40-41,47,50,58-59,63H,4-7,10,13-16,19,22-24,29,32-36,39,42-46,48-49,51-57H2,1-3H3,(H,67,68)/b11-8-,12-9-,20-17-,21-18-,28-25-,30-26-,31-27-,40-37-,41-38-,50-47-. The second-order valence-electron chi connectivity index (χ2n) is 18.3. The number of allylic oxidation sites excluding steroid dienone is 19. The highest BCUT2D eigenvalue weighted by Crippen LogP contribution is 2.43. The Kier molecular flexibility index (Phi) is 52.1. The molecular weight excluding hydrogens is 952 g/mol. The molecule has 0 aromatic carbocycles. The normalized spacial score (nSPS) is 14.3. The van der Waals surface area contributed by atoms with Crippen LogP contribution in [0.15, 0.2) is 122 Å². The largest absolute Gasteiger partial charge is 0.472 e. The van der Waals surface area contributed by atoms with Crippen molar-refractivity contribution in [2.45, 2.75) is 226 Å².